The highest BCUT2D eigenvalue weighted by molar-refractivity contribution is 7.17. The van der Waals surface area contributed by atoms with Gasteiger partial charge in [0.25, 0.3) is 0 Å². The average Bonchev–Trinajstić information content (AvgIpc) is 0.808. The van der Waals surface area contributed by atoms with Gasteiger partial charge in [0.15, 0.2) is 0 Å². The normalized spacial score (nSPS) is 9.22. The maximum atomic E-state index is 2.85. The molecule has 0 radical (unpaired) electrons. The van der Waals surface area contributed by atoms with E-state index < -0.39 is 0 Å². The van der Waals surface area contributed by atoms with E-state index in [1.807, 2.05) is 152 Å². The van der Waals surface area contributed by atoms with Crippen LogP contribution in [0.5, 0.6) is 0 Å². The van der Waals surface area contributed by atoms with E-state index in [4.69, 9.17) is 0 Å². The summed E-state index contributed by atoms with van der Waals surface area (Å²) in [6.07, 6.45) is 10.3. The fourth-order valence-electron chi connectivity index (χ4n) is 10.00. The molecule has 0 aliphatic heterocycles. The van der Waals surface area contributed by atoms with Crippen LogP contribution >= 0.6 is 83.2 Å². The average molecular weight is 1470 g/mol. The molecule has 534 valence electrons. The second kappa shape index (κ2) is 64.2. The molecule has 96 heavy (non-hydrogen) atoms. The van der Waals surface area contributed by atoms with Crippen LogP contribution < -0.4 is 0 Å². The minimum Gasteiger partial charge on any atom is -0.133 e. The molecule has 0 heterocycles. The second-order valence-corrected chi connectivity index (χ2v) is 22.5. The van der Waals surface area contributed by atoms with Crippen molar-refractivity contribution in [2.45, 2.75) is 235 Å². The smallest absolute Gasteiger partial charge is 0.00998 e. The third-order valence-electron chi connectivity index (χ3n) is 14.1. The summed E-state index contributed by atoms with van der Waals surface area (Å²) in [5.41, 5.74) is 15.4. The van der Waals surface area contributed by atoms with Gasteiger partial charge in [-0.1, -0.05) is 330 Å². The molecule has 9 heteroatoms. The van der Waals surface area contributed by atoms with Crippen molar-refractivity contribution in [1.82, 2.24) is 0 Å². The fraction of sp³-hybridized carbons (Fsp3) is 0.402. The first-order valence-electron chi connectivity index (χ1n) is 36.3. The van der Waals surface area contributed by atoms with E-state index in [2.05, 4.69) is 261 Å². The molecular formula is C87H141P9. The first kappa shape index (κ1) is 102. The zero-order valence-corrected chi connectivity index (χ0v) is 74.7. The standard InChI is InChI=1S/C18H20P2.C17H19P3.C16H15P.C13H17P3.11C2H6.CH4/c1-2-14-8-13(11-20)9-18-16(14)6-4-15-7-12(10-19)3-5-17(15)18;18-8-11-1-4-16-12(5-11)2-3-13-6-14(9-19)15(10-20)7-17(13)16;1-11-2-6-15-13(8-11)4-5-14-9-12(10-17)3-7-16(14)15;14-6-9-1-2-11-3-10(7-15)4-12(8-16)13(11)5-9;11*1-2;/h3-9H,2,10-11,19-20H2,1H3;1-7H,8-10,18-20H2;2-9H,10,17H2,1H3;1-5H,6-8,14-16H2;11*1-2H3;1H4. The summed E-state index contributed by atoms with van der Waals surface area (Å²) in [7, 11) is 25.3. The molecule has 11 rings (SSSR count). The molecular weight excluding hydrogens is 1320 g/mol. The van der Waals surface area contributed by atoms with Gasteiger partial charge in [-0.05, 0) is 206 Å². The van der Waals surface area contributed by atoms with Gasteiger partial charge >= 0.3 is 0 Å². The Hall–Kier alpha value is -2.89. The van der Waals surface area contributed by atoms with E-state index in [9.17, 15) is 0 Å². The van der Waals surface area contributed by atoms with Gasteiger partial charge in [0.05, 0.1) is 0 Å². The predicted molar refractivity (Wildman–Crippen MR) is 495 cm³/mol. The van der Waals surface area contributed by atoms with Crippen molar-refractivity contribution in [3.63, 3.8) is 0 Å². The molecule has 9 atom stereocenters. The van der Waals surface area contributed by atoms with Crippen molar-refractivity contribution in [3.05, 3.63) is 225 Å². The van der Waals surface area contributed by atoms with E-state index in [1.54, 1.807) is 0 Å². The van der Waals surface area contributed by atoms with E-state index in [0.29, 0.717) is 0 Å². The molecule has 11 aromatic rings. The van der Waals surface area contributed by atoms with Gasteiger partial charge in [0.2, 0.25) is 0 Å². The molecule has 0 aliphatic carbocycles. The molecule has 0 bridgehead atoms. The third-order valence-corrected chi connectivity index (χ3v) is 18.2. The molecule has 9 unspecified atom stereocenters. The number of rotatable bonds is 10. The molecule has 0 saturated carbocycles. The van der Waals surface area contributed by atoms with Crippen LogP contribution in [0.25, 0.3) is 75.4 Å². The topological polar surface area (TPSA) is 0 Å². The summed E-state index contributed by atoms with van der Waals surface area (Å²) in [5, 5.41) is 19.1. The molecule has 0 aromatic heterocycles. The van der Waals surface area contributed by atoms with Crippen LogP contribution in [0, 0.1) is 6.92 Å². The lowest BCUT2D eigenvalue weighted by atomic mass is 9.94. The first-order valence-corrected chi connectivity index (χ1v) is 43.7. The second-order valence-electron chi connectivity index (χ2n) is 18.8. The molecule has 11 aromatic carbocycles. The van der Waals surface area contributed by atoms with E-state index in [0.717, 1.165) is 61.9 Å². The van der Waals surface area contributed by atoms with Crippen LogP contribution in [0.3, 0.4) is 0 Å². The number of fused-ring (bicyclic) bond motifs is 10. The lowest BCUT2D eigenvalue weighted by Crippen LogP contribution is -1.90. The fourth-order valence-corrected chi connectivity index (χ4v) is 12.6. The molecule has 0 nitrogen and oxygen atoms in total. The Labute approximate surface area is 614 Å². The minimum atomic E-state index is 0. The maximum Gasteiger partial charge on any atom is -0.00998 e. The Balaban J connectivity index is -0.000000349. The van der Waals surface area contributed by atoms with Crippen LogP contribution in [0.4, 0.5) is 0 Å². The van der Waals surface area contributed by atoms with Crippen LogP contribution in [0.2, 0.25) is 0 Å². The molecule has 0 amide bonds. The van der Waals surface area contributed by atoms with Crippen molar-refractivity contribution in [2.75, 3.05) is 0 Å². The zero-order valence-electron chi connectivity index (χ0n) is 64.4. The van der Waals surface area contributed by atoms with Gasteiger partial charge in [-0.3, -0.25) is 0 Å². The Morgan fingerprint density at radius 1 is 0.198 bits per heavy atom. The molecule has 0 spiro atoms. The lowest BCUT2D eigenvalue weighted by Gasteiger charge is -2.11. The molecule has 0 N–H and O–H groups in total. The largest absolute Gasteiger partial charge is 0.133 e. The van der Waals surface area contributed by atoms with Gasteiger partial charge < -0.3 is 0 Å². The van der Waals surface area contributed by atoms with Crippen LogP contribution in [0.1, 0.15) is 228 Å². The highest BCUT2D eigenvalue weighted by Crippen LogP contribution is 2.34. The SMILES string of the molecule is C.CC.CC.CC.CC.CC.CC.CC.CC.CC.CC.CC.CCc1cc(CP)cc2c1ccc1cc(CP)ccc12.Cc1ccc2c(ccc3cc(CP)ccc32)c1.PCc1cc(CP)c2cc(CP)ccc2c1.PCc1ccc2c(ccc3cc(CP)c(CP)cc32)c1. The zero-order chi connectivity index (χ0) is 73.6. The van der Waals surface area contributed by atoms with Crippen molar-refractivity contribution in [3.8, 4) is 0 Å². The number of hydrogen-bond donors (Lipinski definition) is 0. The van der Waals surface area contributed by atoms with Crippen molar-refractivity contribution < 1.29 is 0 Å². The van der Waals surface area contributed by atoms with Crippen molar-refractivity contribution >= 4 is 159 Å². The van der Waals surface area contributed by atoms with Gasteiger partial charge in [0, 0.05) is 0 Å². The Kier molecular flexibility index (Phi) is 68.1. The quantitative estimate of drug-likeness (QED) is 0.0946. The number of benzene rings is 11. The number of hydrogen-bond acceptors (Lipinski definition) is 0. The van der Waals surface area contributed by atoms with Crippen LogP contribution in [0.15, 0.2) is 164 Å². The Morgan fingerprint density at radius 3 is 0.854 bits per heavy atom. The lowest BCUT2D eigenvalue weighted by molar-refractivity contribution is 1.15. The summed E-state index contributed by atoms with van der Waals surface area (Å²) in [4.78, 5) is 0. The minimum absolute atomic E-state index is 0. The summed E-state index contributed by atoms with van der Waals surface area (Å²) in [5.74, 6) is 0. The predicted octanol–water partition coefficient (Wildman–Crippen LogP) is 31.0. The summed E-state index contributed by atoms with van der Waals surface area (Å²) in [6.45, 7) is 48.4. The number of aryl methyl sites for hydroxylation is 2. The van der Waals surface area contributed by atoms with Crippen LogP contribution in [-0.4, -0.2) is 0 Å². The van der Waals surface area contributed by atoms with Gasteiger partial charge in [-0.15, -0.1) is 83.2 Å². The highest BCUT2D eigenvalue weighted by Gasteiger charge is 2.10. The van der Waals surface area contributed by atoms with Gasteiger partial charge in [0.1, 0.15) is 0 Å². The van der Waals surface area contributed by atoms with Crippen molar-refractivity contribution in [1.29, 1.82) is 0 Å². The third kappa shape index (κ3) is 31.6. The summed E-state index contributed by atoms with van der Waals surface area (Å²) >= 11 is 0. The maximum absolute atomic E-state index is 2.85. The van der Waals surface area contributed by atoms with E-state index in [1.165, 1.54) is 137 Å². The van der Waals surface area contributed by atoms with Crippen LogP contribution in [-0.2, 0) is 61.9 Å². The van der Waals surface area contributed by atoms with E-state index >= 15 is 0 Å². The molecule has 0 fully saturated rings. The van der Waals surface area contributed by atoms with Crippen molar-refractivity contribution in [2.24, 2.45) is 0 Å². The molecule has 0 saturated heterocycles. The summed E-state index contributed by atoms with van der Waals surface area (Å²) in [6, 6.07) is 61.3. The van der Waals surface area contributed by atoms with Gasteiger partial charge in [-0.2, -0.15) is 0 Å². The monoisotopic (exact) mass is 1460 g/mol. The Bertz CT molecular complexity index is 3740. The van der Waals surface area contributed by atoms with Gasteiger partial charge in [-0.25, -0.2) is 0 Å². The Morgan fingerprint density at radius 2 is 0.458 bits per heavy atom. The summed E-state index contributed by atoms with van der Waals surface area (Å²) < 4.78 is 0. The first-order chi connectivity index (χ1) is 46.6. The van der Waals surface area contributed by atoms with E-state index in [-0.39, 0.29) is 7.43 Å². The highest BCUT2D eigenvalue weighted by atomic mass is 31.0. The molecule has 0 aliphatic rings.